The smallest absolute Gasteiger partial charge is 0.323 e. The van der Waals surface area contributed by atoms with Gasteiger partial charge in [0, 0.05) is 13.6 Å². The van der Waals surface area contributed by atoms with Gasteiger partial charge in [0.2, 0.25) is 5.91 Å². The molecule has 4 rings (SSSR count). The second-order valence-corrected chi connectivity index (χ2v) is 7.27. The molecule has 3 amide bonds. The number of benzene rings is 1. The number of nitrogens with zero attached hydrogens (tertiary/aromatic N) is 4. The topological polar surface area (TPSA) is 79.6 Å². The van der Waals surface area contributed by atoms with Crippen molar-refractivity contribution >= 4 is 17.6 Å². The molecule has 2 aromatic rings. The van der Waals surface area contributed by atoms with Crippen molar-refractivity contribution in [2.75, 3.05) is 25.1 Å². The van der Waals surface area contributed by atoms with Crippen molar-refractivity contribution in [2.24, 2.45) is 13.0 Å². The molecular weight excluding hydrogens is 346 g/mol. The maximum Gasteiger partial charge on any atom is 0.323 e. The summed E-state index contributed by atoms with van der Waals surface area (Å²) < 4.78 is 3.22. The summed E-state index contributed by atoms with van der Waals surface area (Å²) in [4.78, 5) is 40.8. The zero-order chi connectivity index (χ0) is 19.1. The zero-order valence-corrected chi connectivity index (χ0v) is 15.5. The lowest BCUT2D eigenvalue weighted by molar-refractivity contribution is -0.126. The predicted molar refractivity (Wildman–Crippen MR) is 101 cm³/mol. The number of hydrogen-bond donors (Lipinski definition) is 1. The third-order valence-corrected chi connectivity index (χ3v) is 5.27. The summed E-state index contributed by atoms with van der Waals surface area (Å²) in [6, 6.07) is 8.83. The van der Waals surface area contributed by atoms with Gasteiger partial charge in [-0.25, -0.2) is 9.48 Å². The highest BCUT2D eigenvalue weighted by molar-refractivity contribution is 5.94. The van der Waals surface area contributed by atoms with E-state index < -0.39 is 6.03 Å². The Hall–Kier alpha value is -3.03. The molecule has 2 aliphatic rings. The van der Waals surface area contributed by atoms with E-state index in [4.69, 9.17) is 0 Å². The van der Waals surface area contributed by atoms with Crippen LogP contribution in [-0.4, -0.2) is 50.9 Å². The van der Waals surface area contributed by atoms with E-state index in [0.29, 0.717) is 18.2 Å². The number of nitrogens with one attached hydrogen (secondary N) is 1. The van der Waals surface area contributed by atoms with Crippen LogP contribution in [0.15, 0.2) is 35.1 Å². The number of carbonyl (C=O) groups is 2. The molecule has 1 saturated heterocycles. The third-order valence-electron chi connectivity index (χ3n) is 5.27. The van der Waals surface area contributed by atoms with E-state index in [9.17, 15) is 14.4 Å². The number of hydrogen-bond acceptors (Lipinski definition) is 3. The molecule has 2 heterocycles. The summed E-state index contributed by atoms with van der Waals surface area (Å²) in [5, 5.41) is 2.72. The van der Waals surface area contributed by atoms with Crippen LogP contribution in [0.2, 0.25) is 0 Å². The van der Waals surface area contributed by atoms with E-state index in [2.05, 4.69) is 5.32 Å². The number of anilines is 1. The lowest BCUT2D eigenvalue weighted by Gasteiger charge is -2.18. The Morgan fingerprint density at radius 1 is 1.19 bits per heavy atom. The average Bonchev–Trinajstić information content (AvgIpc) is 3.36. The Balaban J connectivity index is 1.54. The van der Waals surface area contributed by atoms with Crippen LogP contribution in [0.5, 0.6) is 0 Å². The van der Waals surface area contributed by atoms with Gasteiger partial charge in [0.15, 0.2) is 0 Å². The Bertz CT molecular complexity index is 942. The fraction of sp³-hybridized carbons (Fsp3) is 0.421. The first-order valence-corrected chi connectivity index (χ1v) is 9.13. The highest BCUT2D eigenvalue weighted by Gasteiger charge is 2.35. The lowest BCUT2D eigenvalue weighted by Crippen LogP contribution is -2.36. The fourth-order valence-electron chi connectivity index (χ4n) is 3.40. The van der Waals surface area contributed by atoms with E-state index >= 15 is 0 Å². The number of rotatable bonds is 4. The van der Waals surface area contributed by atoms with E-state index in [0.717, 1.165) is 18.5 Å². The first-order valence-electron chi connectivity index (χ1n) is 9.13. The van der Waals surface area contributed by atoms with Crippen LogP contribution in [-0.2, 0) is 11.8 Å². The van der Waals surface area contributed by atoms with Crippen LogP contribution in [0, 0.1) is 12.8 Å². The Morgan fingerprint density at radius 2 is 1.89 bits per heavy atom. The van der Waals surface area contributed by atoms with Gasteiger partial charge in [-0.15, -0.1) is 0 Å². The summed E-state index contributed by atoms with van der Waals surface area (Å²) in [5.41, 5.74) is 1.31. The van der Waals surface area contributed by atoms with E-state index in [-0.39, 0.29) is 30.4 Å². The molecule has 0 spiro atoms. The molecule has 1 N–H and O–H groups in total. The van der Waals surface area contributed by atoms with Crippen molar-refractivity contribution in [3.63, 3.8) is 0 Å². The van der Waals surface area contributed by atoms with Gasteiger partial charge in [0.05, 0.1) is 18.1 Å². The summed E-state index contributed by atoms with van der Waals surface area (Å²) in [7, 11) is 1.77. The molecule has 0 atom stereocenters. The standard InChI is InChI=1S/C19H23N5O3/c1-13-17(18(26)24(21(13)2)15-6-4-3-5-7-15)20-19(27)23-11-16(25)22(12-23)10-14-8-9-14/h3-7,14H,8-12H2,1-2H3,(H,20,27). The molecule has 0 radical (unpaired) electrons. The number of amides is 3. The van der Waals surface area contributed by atoms with Gasteiger partial charge in [-0.1, -0.05) is 18.2 Å². The molecule has 0 unspecified atom stereocenters. The highest BCUT2D eigenvalue weighted by Crippen LogP contribution is 2.30. The molecule has 1 aromatic heterocycles. The van der Waals surface area contributed by atoms with Gasteiger partial charge in [0.25, 0.3) is 5.56 Å². The molecule has 27 heavy (non-hydrogen) atoms. The van der Waals surface area contributed by atoms with Crippen LogP contribution >= 0.6 is 0 Å². The largest absolute Gasteiger partial charge is 0.323 e. The van der Waals surface area contributed by atoms with Crippen LogP contribution < -0.4 is 10.9 Å². The van der Waals surface area contributed by atoms with Gasteiger partial charge in [-0.2, -0.15) is 0 Å². The van der Waals surface area contributed by atoms with E-state index in [1.165, 1.54) is 9.58 Å². The van der Waals surface area contributed by atoms with E-state index in [1.54, 1.807) is 23.6 Å². The Labute approximate surface area is 156 Å². The number of aromatic nitrogens is 2. The van der Waals surface area contributed by atoms with Crippen LogP contribution in [0.1, 0.15) is 18.5 Å². The normalized spacial score (nSPS) is 16.9. The minimum Gasteiger partial charge on any atom is -0.323 e. The van der Waals surface area contributed by atoms with E-state index in [1.807, 2.05) is 30.3 Å². The quantitative estimate of drug-likeness (QED) is 0.888. The Morgan fingerprint density at radius 3 is 2.56 bits per heavy atom. The zero-order valence-electron chi connectivity index (χ0n) is 15.5. The van der Waals surface area contributed by atoms with Gasteiger partial charge < -0.3 is 10.2 Å². The minimum atomic E-state index is -0.423. The molecule has 1 aliphatic carbocycles. The third kappa shape index (κ3) is 3.22. The van der Waals surface area contributed by atoms with Crippen LogP contribution in [0.4, 0.5) is 10.5 Å². The van der Waals surface area contributed by atoms with Gasteiger partial charge in [0.1, 0.15) is 12.2 Å². The maximum atomic E-state index is 12.9. The molecule has 142 valence electrons. The van der Waals surface area contributed by atoms with Crippen molar-refractivity contribution < 1.29 is 9.59 Å². The van der Waals surface area contributed by atoms with Crippen molar-refractivity contribution in [1.82, 2.24) is 19.2 Å². The summed E-state index contributed by atoms with van der Waals surface area (Å²) in [5.74, 6) is 0.537. The molecule has 1 aromatic carbocycles. The van der Waals surface area contributed by atoms with Crippen LogP contribution in [0.25, 0.3) is 5.69 Å². The molecule has 0 bridgehead atoms. The van der Waals surface area contributed by atoms with Crippen molar-refractivity contribution in [2.45, 2.75) is 19.8 Å². The molecule has 8 heteroatoms. The summed E-state index contributed by atoms with van der Waals surface area (Å²) in [6.07, 6.45) is 2.30. The average molecular weight is 369 g/mol. The fourth-order valence-corrected chi connectivity index (χ4v) is 3.40. The summed E-state index contributed by atoms with van der Waals surface area (Å²) >= 11 is 0. The second kappa shape index (κ2) is 6.61. The number of para-hydroxylation sites is 1. The van der Waals surface area contributed by atoms with Gasteiger partial charge in [-0.3, -0.25) is 19.2 Å². The molecule has 1 aliphatic heterocycles. The number of urea groups is 1. The molecular formula is C19H23N5O3. The van der Waals surface area contributed by atoms with Crippen LogP contribution in [0.3, 0.4) is 0 Å². The van der Waals surface area contributed by atoms with Crippen molar-refractivity contribution in [3.8, 4) is 5.69 Å². The molecule has 1 saturated carbocycles. The first-order chi connectivity index (χ1) is 13.0. The molecule has 8 nitrogen and oxygen atoms in total. The van der Waals surface area contributed by atoms with Crippen molar-refractivity contribution in [1.29, 1.82) is 0 Å². The number of carbonyl (C=O) groups excluding carboxylic acids is 2. The first kappa shape index (κ1) is 17.4. The monoisotopic (exact) mass is 369 g/mol. The van der Waals surface area contributed by atoms with Gasteiger partial charge in [-0.05, 0) is 37.8 Å². The lowest BCUT2D eigenvalue weighted by atomic mass is 10.3. The van der Waals surface area contributed by atoms with Gasteiger partial charge >= 0.3 is 6.03 Å². The van der Waals surface area contributed by atoms with Crippen molar-refractivity contribution in [3.05, 3.63) is 46.4 Å². The highest BCUT2D eigenvalue weighted by atomic mass is 16.2. The Kier molecular flexibility index (Phi) is 4.25. The SMILES string of the molecule is Cc1c(NC(=O)N2CC(=O)N(CC3CC3)C2)c(=O)n(-c2ccccc2)n1C. The second-order valence-electron chi connectivity index (χ2n) is 7.27. The summed E-state index contributed by atoms with van der Waals surface area (Å²) in [6.45, 7) is 2.83. The molecule has 2 fully saturated rings. The minimum absolute atomic E-state index is 0.0384. The maximum absolute atomic E-state index is 12.9. The predicted octanol–water partition coefficient (Wildman–Crippen LogP) is 1.53.